The fraction of sp³-hybridized carbons (Fsp3) is 0.167. The molecule has 8 heteroatoms. The second-order valence-corrected chi connectivity index (χ2v) is 5.75. The third-order valence-electron chi connectivity index (χ3n) is 3.82. The van der Waals surface area contributed by atoms with Gasteiger partial charge >= 0.3 is 0 Å². The molecule has 0 radical (unpaired) electrons. The van der Waals surface area contributed by atoms with Gasteiger partial charge in [-0.15, -0.1) is 0 Å². The number of H-pyrrole nitrogens is 1. The molecule has 0 spiro atoms. The molecule has 0 aliphatic heterocycles. The largest absolute Gasteiger partial charge is 0.497 e. The summed E-state index contributed by atoms with van der Waals surface area (Å²) < 4.78 is 12.7. The number of methoxy groups -OCH3 is 2. The number of nitrogens with one attached hydrogen (secondary N) is 2. The minimum atomic E-state index is -0.280. The van der Waals surface area contributed by atoms with Gasteiger partial charge in [0.15, 0.2) is 10.6 Å². The minimum Gasteiger partial charge on any atom is -0.497 e. The highest BCUT2D eigenvalue weighted by atomic mass is 32.1. The Kier molecular flexibility index (Phi) is 5.33. The third-order valence-corrected chi connectivity index (χ3v) is 4.09. The Labute approximate surface area is 155 Å². The summed E-state index contributed by atoms with van der Waals surface area (Å²) in [6, 6.07) is 14.6. The number of rotatable bonds is 6. The SMILES string of the molecule is COc1ccc(C(=O)NCc2n[nH]c(=S)n2-c2ccccc2)c(OC)c1. The quantitative estimate of drug-likeness (QED) is 0.652. The fourth-order valence-electron chi connectivity index (χ4n) is 2.53. The van der Waals surface area contributed by atoms with Crippen LogP contribution in [-0.2, 0) is 6.54 Å². The Hall–Kier alpha value is -3.13. The van der Waals surface area contributed by atoms with Crippen LogP contribution in [0.2, 0.25) is 0 Å². The number of aromatic amines is 1. The predicted molar refractivity (Wildman–Crippen MR) is 99.5 cm³/mol. The number of aromatic nitrogens is 3. The van der Waals surface area contributed by atoms with Crippen molar-refractivity contribution in [2.75, 3.05) is 14.2 Å². The Balaban J connectivity index is 1.80. The summed E-state index contributed by atoms with van der Waals surface area (Å²) >= 11 is 5.29. The van der Waals surface area contributed by atoms with E-state index in [0.717, 1.165) is 5.69 Å². The van der Waals surface area contributed by atoms with Crippen molar-refractivity contribution in [3.63, 3.8) is 0 Å². The summed E-state index contributed by atoms with van der Waals surface area (Å²) in [7, 11) is 3.06. The van der Waals surface area contributed by atoms with Crippen molar-refractivity contribution >= 4 is 18.1 Å². The van der Waals surface area contributed by atoms with Crippen molar-refractivity contribution < 1.29 is 14.3 Å². The summed E-state index contributed by atoms with van der Waals surface area (Å²) in [5.41, 5.74) is 1.28. The van der Waals surface area contributed by atoms with E-state index in [1.165, 1.54) is 7.11 Å². The van der Waals surface area contributed by atoms with Gasteiger partial charge in [-0.25, -0.2) is 0 Å². The van der Waals surface area contributed by atoms with Crippen LogP contribution in [0.1, 0.15) is 16.2 Å². The second-order valence-electron chi connectivity index (χ2n) is 5.36. The van der Waals surface area contributed by atoms with Crippen molar-refractivity contribution in [3.8, 4) is 17.2 Å². The maximum atomic E-state index is 12.5. The number of nitrogens with zero attached hydrogens (tertiary/aromatic N) is 2. The molecule has 1 aromatic heterocycles. The van der Waals surface area contributed by atoms with Crippen LogP contribution in [-0.4, -0.2) is 34.9 Å². The number of benzene rings is 2. The van der Waals surface area contributed by atoms with Gasteiger partial charge in [-0.3, -0.25) is 14.5 Å². The number of para-hydroxylation sites is 1. The average molecular weight is 370 g/mol. The maximum Gasteiger partial charge on any atom is 0.255 e. The minimum absolute atomic E-state index is 0.204. The monoisotopic (exact) mass is 370 g/mol. The number of hydrogen-bond donors (Lipinski definition) is 2. The molecule has 2 aromatic carbocycles. The van der Waals surface area contributed by atoms with Crippen LogP contribution in [0.4, 0.5) is 0 Å². The van der Waals surface area contributed by atoms with E-state index < -0.39 is 0 Å². The lowest BCUT2D eigenvalue weighted by atomic mass is 10.1. The van der Waals surface area contributed by atoms with Crippen molar-refractivity contribution in [1.82, 2.24) is 20.1 Å². The van der Waals surface area contributed by atoms with Crippen LogP contribution in [0.5, 0.6) is 11.5 Å². The second kappa shape index (κ2) is 7.83. The van der Waals surface area contributed by atoms with Gasteiger partial charge in [-0.05, 0) is 36.5 Å². The molecule has 7 nitrogen and oxygen atoms in total. The van der Waals surface area contributed by atoms with Crippen LogP contribution in [0.25, 0.3) is 5.69 Å². The van der Waals surface area contributed by atoms with Crippen molar-refractivity contribution in [1.29, 1.82) is 0 Å². The highest BCUT2D eigenvalue weighted by Crippen LogP contribution is 2.24. The highest BCUT2D eigenvalue weighted by Gasteiger charge is 2.15. The molecule has 0 bridgehead atoms. The first kappa shape index (κ1) is 17.7. The fourth-order valence-corrected chi connectivity index (χ4v) is 2.79. The zero-order valence-electron chi connectivity index (χ0n) is 14.4. The van der Waals surface area contributed by atoms with E-state index in [9.17, 15) is 4.79 Å². The standard InChI is InChI=1S/C18H18N4O3S/c1-24-13-8-9-14(15(10-13)25-2)17(23)19-11-16-20-21-18(26)22(16)12-6-4-3-5-7-12/h3-10H,11H2,1-2H3,(H,19,23)(H,21,26). The van der Waals surface area contributed by atoms with Gasteiger partial charge in [0, 0.05) is 11.8 Å². The van der Waals surface area contributed by atoms with Crippen molar-refractivity contribution in [2.24, 2.45) is 0 Å². The number of ether oxygens (including phenoxy) is 2. The molecule has 0 unspecified atom stereocenters. The molecule has 2 N–H and O–H groups in total. The van der Waals surface area contributed by atoms with Gasteiger partial charge in [0.25, 0.3) is 5.91 Å². The lowest BCUT2D eigenvalue weighted by Gasteiger charge is -2.11. The van der Waals surface area contributed by atoms with Crippen molar-refractivity contribution in [2.45, 2.75) is 6.54 Å². The van der Waals surface area contributed by atoms with Gasteiger partial charge in [0.05, 0.1) is 26.3 Å². The summed E-state index contributed by atoms with van der Waals surface area (Å²) in [5, 5.41) is 9.81. The number of carbonyl (C=O) groups excluding carboxylic acids is 1. The molecule has 0 fully saturated rings. The van der Waals surface area contributed by atoms with E-state index in [4.69, 9.17) is 21.7 Å². The Morgan fingerprint density at radius 1 is 1.19 bits per heavy atom. The van der Waals surface area contributed by atoms with E-state index in [0.29, 0.717) is 27.7 Å². The smallest absolute Gasteiger partial charge is 0.255 e. The molecule has 0 saturated heterocycles. The Bertz CT molecular complexity index is 966. The third kappa shape index (κ3) is 3.60. The van der Waals surface area contributed by atoms with Crippen LogP contribution in [0, 0.1) is 4.77 Å². The van der Waals surface area contributed by atoms with E-state index in [1.54, 1.807) is 29.9 Å². The van der Waals surface area contributed by atoms with Crippen LogP contribution in [0.3, 0.4) is 0 Å². The molecule has 1 heterocycles. The molecule has 0 aliphatic rings. The predicted octanol–water partition coefficient (Wildman–Crippen LogP) is 2.88. The molecule has 0 atom stereocenters. The molecule has 26 heavy (non-hydrogen) atoms. The summed E-state index contributed by atoms with van der Waals surface area (Å²) in [6.45, 7) is 0.204. The number of carbonyl (C=O) groups is 1. The summed E-state index contributed by atoms with van der Waals surface area (Å²) in [5.74, 6) is 1.37. The highest BCUT2D eigenvalue weighted by molar-refractivity contribution is 7.71. The lowest BCUT2D eigenvalue weighted by molar-refractivity contribution is 0.0946. The summed E-state index contributed by atoms with van der Waals surface area (Å²) in [6.07, 6.45) is 0. The van der Waals surface area contributed by atoms with Crippen LogP contribution < -0.4 is 14.8 Å². The zero-order valence-corrected chi connectivity index (χ0v) is 15.2. The van der Waals surface area contributed by atoms with E-state index in [-0.39, 0.29) is 12.5 Å². The van der Waals surface area contributed by atoms with Gasteiger partial charge in [0.1, 0.15) is 11.5 Å². The van der Waals surface area contributed by atoms with Gasteiger partial charge in [0.2, 0.25) is 0 Å². The first-order chi connectivity index (χ1) is 12.6. The Morgan fingerprint density at radius 2 is 1.96 bits per heavy atom. The number of amides is 1. The normalized spacial score (nSPS) is 10.4. The number of hydrogen-bond acceptors (Lipinski definition) is 5. The average Bonchev–Trinajstić information content (AvgIpc) is 3.06. The molecular weight excluding hydrogens is 352 g/mol. The Morgan fingerprint density at radius 3 is 2.65 bits per heavy atom. The van der Waals surface area contributed by atoms with E-state index in [2.05, 4.69) is 15.5 Å². The molecule has 3 rings (SSSR count). The molecule has 0 saturated carbocycles. The van der Waals surface area contributed by atoms with Crippen LogP contribution in [0.15, 0.2) is 48.5 Å². The van der Waals surface area contributed by atoms with Gasteiger partial charge < -0.3 is 14.8 Å². The lowest BCUT2D eigenvalue weighted by Crippen LogP contribution is -2.25. The molecule has 134 valence electrons. The first-order valence-corrected chi connectivity index (χ1v) is 8.27. The molecular formula is C18H18N4O3S. The molecule has 3 aromatic rings. The van der Waals surface area contributed by atoms with Crippen molar-refractivity contribution in [3.05, 3.63) is 64.7 Å². The van der Waals surface area contributed by atoms with E-state index in [1.807, 2.05) is 30.3 Å². The maximum absolute atomic E-state index is 12.5. The van der Waals surface area contributed by atoms with E-state index >= 15 is 0 Å². The summed E-state index contributed by atoms with van der Waals surface area (Å²) in [4.78, 5) is 12.5. The zero-order chi connectivity index (χ0) is 18.5. The topological polar surface area (TPSA) is 81.2 Å². The van der Waals surface area contributed by atoms with Crippen LogP contribution >= 0.6 is 12.2 Å². The van der Waals surface area contributed by atoms with Gasteiger partial charge in [-0.2, -0.15) is 5.10 Å². The first-order valence-electron chi connectivity index (χ1n) is 7.86. The van der Waals surface area contributed by atoms with Gasteiger partial charge in [-0.1, -0.05) is 18.2 Å². The molecule has 0 aliphatic carbocycles. The molecule has 1 amide bonds.